The smallest absolute Gasteiger partial charge is 0.206 e. The second kappa shape index (κ2) is 4.29. The van der Waals surface area contributed by atoms with Crippen LogP contribution in [0.1, 0.15) is 11.4 Å². The van der Waals surface area contributed by atoms with Gasteiger partial charge in [-0.1, -0.05) is 12.1 Å². The van der Waals surface area contributed by atoms with E-state index in [1.807, 2.05) is 24.3 Å². The molecule has 2 aromatic rings. The third-order valence-electron chi connectivity index (χ3n) is 2.86. The Bertz CT molecular complexity index is 570. The number of rotatable bonds is 2. The standard InChI is InChI=1S/C13H12N4O/c18-13(11-6-2-4-8-15-11)12(16-9-17-13)10-5-1-3-7-14-10/h1-8,17-18H,9H2. The Labute approximate surface area is 104 Å². The fraction of sp³-hybridized carbons (Fsp3) is 0.154. The van der Waals surface area contributed by atoms with Crippen LogP contribution in [0.25, 0.3) is 0 Å². The number of aromatic nitrogens is 2. The summed E-state index contributed by atoms with van der Waals surface area (Å²) in [6.45, 7) is 0.346. The average Bonchev–Trinajstić information content (AvgIpc) is 2.84. The Morgan fingerprint density at radius 3 is 2.50 bits per heavy atom. The molecule has 2 aromatic heterocycles. The van der Waals surface area contributed by atoms with Crippen LogP contribution in [-0.2, 0) is 5.72 Å². The minimum atomic E-state index is -1.37. The molecule has 2 N–H and O–H groups in total. The summed E-state index contributed by atoms with van der Waals surface area (Å²) in [6.07, 6.45) is 3.32. The van der Waals surface area contributed by atoms with Gasteiger partial charge in [-0.15, -0.1) is 0 Å². The van der Waals surface area contributed by atoms with Gasteiger partial charge in [0.2, 0.25) is 5.72 Å². The zero-order valence-electron chi connectivity index (χ0n) is 9.61. The molecule has 0 aromatic carbocycles. The maximum Gasteiger partial charge on any atom is 0.206 e. The molecular weight excluding hydrogens is 228 g/mol. The van der Waals surface area contributed by atoms with Gasteiger partial charge in [0.05, 0.1) is 18.1 Å². The van der Waals surface area contributed by atoms with Gasteiger partial charge in [-0.3, -0.25) is 20.3 Å². The lowest BCUT2D eigenvalue weighted by atomic mass is 10.0. The Morgan fingerprint density at radius 1 is 1.06 bits per heavy atom. The third-order valence-corrected chi connectivity index (χ3v) is 2.86. The summed E-state index contributed by atoms with van der Waals surface area (Å²) in [5, 5.41) is 13.7. The second-order valence-electron chi connectivity index (χ2n) is 3.98. The van der Waals surface area contributed by atoms with Crippen LogP contribution in [-0.4, -0.2) is 27.5 Å². The first-order chi connectivity index (χ1) is 8.81. The number of nitrogens with one attached hydrogen (secondary N) is 1. The summed E-state index contributed by atoms with van der Waals surface area (Å²) in [4.78, 5) is 12.7. The van der Waals surface area contributed by atoms with Gasteiger partial charge in [0.15, 0.2) is 0 Å². The summed E-state index contributed by atoms with van der Waals surface area (Å²) < 4.78 is 0. The van der Waals surface area contributed by atoms with Crippen molar-refractivity contribution in [2.24, 2.45) is 4.99 Å². The van der Waals surface area contributed by atoms with E-state index in [-0.39, 0.29) is 0 Å². The highest BCUT2D eigenvalue weighted by Crippen LogP contribution is 2.24. The van der Waals surface area contributed by atoms with E-state index in [1.54, 1.807) is 24.5 Å². The molecule has 3 heterocycles. The first-order valence-electron chi connectivity index (χ1n) is 5.66. The Kier molecular flexibility index (Phi) is 2.62. The molecule has 1 unspecified atom stereocenters. The maximum absolute atomic E-state index is 10.7. The normalized spacial score (nSPS) is 22.8. The SMILES string of the molecule is OC1(c2ccccn2)NCN=C1c1ccccn1. The molecule has 5 nitrogen and oxygen atoms in total. The molecule has 1 aliphatic rings. The lowest BCUT2D eigenvalue weighted by Crippen LogP contribution is -2.45. The Balaban J connectivity index is 2.06. The molecule has 0 aliphatic carbocycles. The van der Waals surface area contributed by atoms with Crippen LogP contribution in [0.4, 0.5) is 0 Å². The van der Waals surface area contributed by atoms with Gasteiger partial charge in [0, 0.05) is 12.4 Å². The fourth-order valence-corrected chi connectivity index (χ4v) is 1.99. The number of nitrogens with zero attached hydrogens (tertiary/aromatic N) is 3. The Hall–Kier alpha value is -2.11. The van der Waals surface area contributed by atoms with E-state index in [4.69, 9.17) is 0 Å². The van der Waals surface area contributed by atoms with Gasteiger partial charge in [-0.2, -0.15) is 0 Å². The van der Waals surface area contributed by atoms with Crippen molar-refractivity contribution >= 4 is 5.71 Å². The van der Waals surface area contributed by atoms with Gasteiger partial charge in [-0.05, 0) is 24.3 Å². The predicted molar refractivity (Wildman–Crippen MR) is 66.9 cm³/mol. The van der Waals surface area contributed by atoms with Gasteiger partial charge in [0.25, 0.3) is 0 Å². The van der Waals surface area contributed by atoms with Crippen molar-refractivity contribution in [2.75, 3.05) is 6.67 Å². The van der Waals surface area contributed by atoms with Crippen molar-refractivity contribution in [1.29, 1.82) is 0 Å². The Morgan fingerprint density at radius 2 is 1.83 bits per heavy atom. The van der Waals surface area contributed by atoms with E-state index >= 15 is 0 Å². The van der Waals surface area contributed by atoms with Gasteiger partial charge >= 0.3 is 0 Å². The second-order valence-corrected chi connectivity index (χ2v) is 3.98. The van der Waals surface area contributed by atoms with Crippen molar-refractivity contribution in [3.63, 3.8) is 0 Å². The molecule has 0 spiro atoms. The van der Waals surface area contributed by atoms with E-state index < -0.39 is 5.72 Å². The van der Waals surface area contributed by atoms with Crippen molar-refractivity contribution in [1.82, 2.24) is 15.3 Å². The molecule has 5 heteroatoms. The van der Waals surface area contributed by atoms with E-state index in [0.29, 0.717) is 23.8 Å². The quantitative estimate of drug-likeness (QED) is 0.809. The average molecular weight is 240 g/mol. The molecule has 0 radical (unpaired) electrons. The maximum atomic E-state index is 10.7. The summed E-state index contributed by atoms with van der Waals surface area (Å²) >= 11 is 0. The highest BCUT2D eigenvalue weighted by atomic mass is 16.3. The number of hydrogen-bond donors (Lipinski definition) is 2. The van der Waals surface area contributed by atoms with Crippen molar-refractivity contribution in [2.45, 2.75) is 5.72 Å². The van der Waals surface area contributed by atoms with Crippen LogP contribution in [0, 0.1) is 0 Å². The molecule has 0 amide bonds. The monoisotopic (exact) mass is 240 g/mol. The molecule has 0 fully saturated rings. The van der Waals surface area contributed by atoms with E-state index in [0.717, 1.165) is 0 Å². The summed E-state index contributed by atoms with van der Waals surface area (Å²) in [7, 11) is 0. The number of aliphatic hydroxyl groups is 1. The minimum absolute atomic E-state index is 0.346. The zero-order valence-corrected chi connectivity index (χ0v) is 9.61. The fourth-order valence-electron chi connectivity index (χ4n) is 1.99. The van der Waals surface area contributed by atoms with Crippen molar-refractivity contribution < 1.29 is 5.11 Å². The minimum Gasteiger partial charge on any atom is -0.365 e. The lowest BCUT2D eigenvalue weighted by Gasteiger charge is -2.23. The molecule has 90 valence electrons. The van der Waals surface area contributed by atoms with Crippen LogP contribution in [0.3, 0.4) is 0 Å². The van der Waals surface area contributed by atoms with Gasteiger partial charge < -0.3 is 5.11 Å². The van der Waals surface area contributed by atoms with Gasteiger partial charge in [-0.25, -0.2) is 0 Å². The topological polar surface area (TPSA) is 70.4 Å². The first-order valence-corrected chi connectivity index (χ1v) is 5.66. The summed E-state index contributed by atoms with van der Waals surface area (Å²) in [5.41, 5.74) is 0.305. The van der Waals surface area contributed by atoms with Crippen molar-refractivity contribution in [3.8, 4) is 0 Å². The molecule has 0 saturated carbocycles. The van der Waals surface area contributed by atoms with Gasteiger partial charge in [0.1, 0.15) is 5.71 Å². The van der Waals surface area contributed by atoms with E-state index in [9.17, 15) is 5.11 Å². The highest BCUT2D eigenvalue weighted by Gasteiger charge is 2.41. The predicted octanol–water partition coefficient (Wildman–Crippen LogP) is 0.672. The molecular formula is C13H12N4O. The summed E-state index contributed by atoms with van der Waals surface area (Å²) in [6, 6.07) is 10.9. The van der Waals surface area contributed by atoms with Crippen LogP contribution in [0.2, 0.25) is 0 Å². The van der Waals surface area contributed by atoms with Crippen LogP contribution >= 0.6 is 0 Å². The molecule has 0 bridgehead atoms. The number of hydrogen-bond acceptors (Lipinski definition) is 5. The molecule has 18 heavy (non-hydrogen) atoms. The van der Waals surface area contributed by atoms with Crippen LogP contribution < -0.4 is 5.32 Å². The number of pyridine rings is 2. The highest BCUT2D eigenvalue weighted by molar-refractivity contribution is 6.06. The largest absolute Gasteiger partial charge is 0.365 e. The molecule has 3 rings (SSSR count). The summed E-state index contributed by atoms with van der Waals surface area (Å²) in [5.74, 6) is 0. The van der Waals surface area contributed by atoms with Crippen LogP contribution in [0.15, 0.2) is 53.8 Å². The van der Waals surface area contributed by atoms with Crippen LogP contribution in [0.5, 0.6) is 0 Å². The lowest BCUT2D eigenvalue weighted by molar-refractivity contribution is 0.0807. The molecule has 1 atom stereocenters. The van der Waals surface area contributed by atoms with E-state index in [2.05, 4.69) is 20.3 Å². The molecule has 0 saturated heterocycles. The van der Waals surface area contributed by atoms with Crippen molar-refractivity contribution in [3.05, 3.63) is 60.2 Å². The van der Waals surface area contributed by atoms with E-state index in [1.165, 1.54) is 0 Å². The molecule has 1 aliphatic heterocycles. The zero-order chi connectivity index (χ0) is 12.4. The first kappa shape index (κ1) is 11.0. The third kappa shape index (κ3) is 1.70. The number of aliphatic imine (C=N–C) groups is 1.